The molecule has 1 rings (SSSR count). The van der Waals surface area contributed by atoms with E-state index >= 15 is 0 Å². The van der Waals surface area contributed by atoms with Crippen LogP contribution in [0, 0.1) is 0 Å². The molecule has 1 heterocycles. The quantitative estimate of drug-likeness (QED) is 0.732. The van der Waals surface area contributed by atoms with Crippen molar-refractivity contribution < 1.29 is 5.11 Å². The monoisotopic (exact) mass is 187 g/mol. The van der Waals surface area contributed by atoms with Gasteiger partial charge in [-0.2, -0.15) is 0 Å². The Morgan fingerprint density at radius 3 is 2.54 bits per heavy atom. The van der Waals surface area contributed by atoms with Crippen LogP contribution in [0.2, 0.25) is 0 Å². The number of hydrogen-bond acceptors (Lipinski definition) is 2. The SMILES string of the molecule is CC.CCCN1CCCCC1CO. The van der Waals surface area contributed by atoms with Gasteiger partial charge < -0.3 is 5.11 Å². The minimum absolute atomic E-state index is 0.347. The first-order valence-electron chi connectivity index (χ1n) is 5.73. The summed E-state index contributed by atoms with van der Waals surface area (Å²) in [5.74, 6) is 0. The molecule has 0 aromatic carbocycles. The first kappa shape index (κ1) is 12.9. The van der Waals surface area contributed by atoms with Gasteiger partial charge in [0.15, 0.2) is 0 Å². The maximum atomic E-state index is 9.05. The molecule has 2 nitrogen and oxygen atoms in total. The number of rotatable bonds is 3. The van der Waals surface area contributed by atoms with Crippen molar-refractivity contribution in [2.75, 3.05) is 19.7 Å². The van der Waals surface area contributed by atoms with Gasteiger partial charge in [0.2, 0.25) is 0 Å². The molecule has 1 saturated heterocycles. The number of hydrogen-bond donors (Lipinski definition) is 1. The van der Waals surface area contributed by atoms with Gasteiger partial charge in [-0.3, -0.25) is 4.90 Å². The van der Waals surface area contributed by atoms with Crippen LogP contribution in [0.4, 0.5) is 0 Å². The highest BCUT2D eigenvalue weighted by atomic mass is 16.3. The van der Waals surface area contributed by atoms with E-state index in [1.54, 1.807) is 0 Å². The summed E-state index contributed by atoms with van der Waals surface area (Å²) in [6, 6.07) is 0.462. The topological polar surface area (TPSA) is 23.5 Å². The lowest BCUT2D eigenvalue weighted by molar-refractivity contribution is 0.0904. The van der Waals surface area contributed by atoms with Crippen LogP contribution in [-0.4, -0.2) is 35.7 Å². The molecule has 0 aromatic heterocycles. The fourth-order valence-corrected chi connectivity index (χ4v) is 1.85. The zero-order chi connectivity index (χ0) is 10.1. The number of aliphatic hydroxyl groups is 1. The molecule has 1 atom stereocenters. The molecule has 2 heteroatoms. The van der Waals surface area contributed by atoms with E-state index in [9.17, 15) is 0 Å². The highest BCUT2D eigenvalue weighted by molar-refractivity contribution is 4.75. The number of nitrogens with zero attached hydrogens (tertiary/aromatic N) is 1. The Balaban J connectivity index is 0.000000671. The molecule has 0 spiro atoms. The van der Waals surface area contributed by atoms with Gasteiger partial charge in [0.05, 0.1) is 6.61 Å². The van der Waals surface area contributed by atoms with Gasteiger partial charge in [0.1, 0.15) is 0 Å². The molecular formula is C11H25NO. The first-order chi connectivity index (χ1) is 6.38. The van der Waals surface area contributed by atoms with Crippen LogP contribution < -0.4 is 0 Å². The van der Waals surface area contributed by atoms with E-state index in [0.29, 0.717) is 12.6 Å². The largest absolute Gasteiger partial charge is 0.395 e. The zero-order valence-corrected chi connectivity index (χ0v) is 9.42. The molecule has 1 aliphatic rings. The third-order valence-corrected chi connectivity index (χ3v) is 2.47. The summed E-state index contributed by atoms with van der Waals surface area (Å²) in [5, 5.41) is 9.05. The average molecular weight is 187 g/mol. The van der Waals surface area contributed by atoms with Crippen LogP contribution in [0.3, 0.4) is 0 Å². The Labute approximate surface area is 82.9 Å². The maximum Gasteiger partial charge on any atom is 0.0586 e. The van der Waals surface area contributed by atoms with Gasteiger partial charge in [0, 0.05) is 6.04 Å². The Bertz CT molecular complexity index is 104. The van der Waals surface area contributed by atoms with E-state index in [1.807, 2.05) is 13.8 Å². The van der Waals surface area contributed by atoms with Crippen molar-refractivity contribution in [1.82, 2.24) is 4.90 Å². The summed E-state index contributed by atoms with van der Waals surface area (Å²) in [6.45, 7) is 8.90. The van der Waals surface area contributed by atoms with Crippen LogP contribution in [-0.2, 0) is 0 Å². The highest BCUT2D eigenvalue weighted by Crippen LogP contribution is 2.16. The van der Waals surface area contributed by atoms with Crippen molar-refractivity contribution >= 4 is 0 Å². The third-order valence-electron chi connectivity index (χ3n) is 2.47. The van der Waals surface area contributed by atoms with Gasteiger partial charge in [0.25, 0.3) is 0 Å². The Kier molecular flexibility index (Phi) is 8.46. The molecular weight excluding hydrogens is 162 g/mol. The van der Waals surface area contributed by atoms with Crippen LogP contribution in [0.5, 0.6) is 0 Å². The normalized spacial score (nSPS) is 23.5. The van der Waals surface area contributed by atoms with Gasteiger partial charge in [-0.1, -0.05) is 27.2 Å². The molecule has 13 heavy (non-hydrogen) atoms. The van der Waals surface area contributed by atoms with Crippen LogP contribution in [0.25, 0.3) is 0 Å². The lowest BCUT2D eigenvalue weighted by Crippen LogP contribution is -2.42. The summed E-state index contributed by atoms with van der Waals surface area (Å²) in [7, 11) is 0. The lowest BCUT2D eigenvalue weighted by Gasteiger charge is -2.34. The second-order valence-corrected chi connectivity index (χ2v) is 3.37. The molecule has 0 aromatic rings. The fourth-order valence-electron chi connectivity index (χ4n) is 1.85. The predicted molar refractivity (Wildman–Crippen MR) is 57.9 cm³/mol. The fraction of sp³-hybridized carbons (Fsp3) is 1.00. The first-order valence-corrected chi connectivity index (χ1v) is 5.73. The van der Waals surface area contributed by atoms with Crippen molar-refractivity contribution in [3.05, 3.63) is 0 Å². The van der Waals surface area contributed by atoms with Crippen LogP contribution in [0.1, 0.15) is 46.5 Å². The Morgan fingerprint density at radius 1 is 1.31 bits per heavy atom. The minimum atomic E-state index is 0.347. The second-order valence-electron chi connectivity index (χ2n) is 3.37. The summed E-state index contributed by atoms with van der Waals surface area (Å²) < 4.78 is 0. The zero-order valence-electron chi connectivity index (χ0n) is 9.42. The number of piperidine rings is 1. The molecule has 1 unspecified atom stereocenters. The van der Waals surface area contributed by atoms with E-state index in [0.717, 1.165) is 6.54 Å². The minimum Gasteiger partial charge on any atom is -0.395 e. The van der Waals surface area contributed by atoms with Gasteiger partial charge in [-0.05, 0) is 32.4 Å². The molecule has 1 N–H and O–H groups in total. The predicted octanol–water partition coefficient (Wildman–Crippen LogP) is 2.27. The van der Waals surface area contributed by atoms with Gasteiger partial charge >= 0.3 is 0 Å². The van der Waals surface area contributed by atoms with Crippen molar-refractivity contribution in [2.24, 2.45) is 0 Å². The van der Waals surface area contributed by atoms with Crippen molar-refractivity contribution in [1.29, 1.82) is 0 Å². The summed E-state index contributed by atoms with van der Waals surface area (Å²) in [5.41, 5.74) is 0. The number of aliphatic hydroxyl groups excluding tert-OH is 1. The molecule has 0 amide bonds. The van der Waals surface area contributed by atoms with E-state index in [-0.39, 0.29) is 0 Å². The van der Waals surface area contributed by atoms with Gasteiger partial charge in [-0.15, -0.1) is 0 Å². The second kappa shape index (κ2) is 8.52. The molecule has 0 bridgehead atoms. The molecule has 1 aliphatic heterocycles. The number of likely N-dealkylation sites (tertiary alicyclic amines) is 1. The van der Waals surface area contributed by atoms with Crippen LogP contribution >= 0.6 is 0 Å². The Morgan fingerprint density at radius 2 is 2.00 bits per heavy atom. The molecule has 0 aliphatic carbocycles. The van der Waals surface area contributed by atoms with Crippen molar-refractivity contribution in [2.45, 2.75) is 52.5 Å². The van der Waals surface area contributed by atoms with Crippen molar-refractivity contribution in [3.8, 4) is 0 Å². The van der Waals surface area contributed by atoms with E-state index in [1.165, 1.54) is 32.2 Å². The molecule has 0 radical (unpaired) electrons. The standard InChI is InChI=1S/C9H19NO.C2H6/c1-2-6-10-7-4-3-5-9(10)8-11;1-2/h9,11H,2-8H2,1H3;1-2H3. The smallest absolute Gasteiger partial charge is 0.0586 e. The summed E-state index contributed by atoms with van der Waals surface area (Å²) in [4.78, 5) is 2.42. The van der Waals surface area contributed by atoms with E-state index < -0.39 is 0 Å². The average Bonchev–Trinajstić information content (AvgIpc) is 2.22. The third kappa shape index (κ3) is 4.63. The van der Waals surface area contributed by atoms with Crippen molar-refractivity contribution in [3.63, 3.8) is 0 Å². The lowest BCUT2D eigenvalue weighted by atomic mass is 10.0. The summed E-state index contributed by atoms with van der Waals surface area (Å²) >= 11 is 0. The van der Waals surface area contributed by atoms with Crippen LogP contribution in [0.15, 0.2) is 0 Å². The van der Waals surface area contributed by atoms with E-state index in [4.69, 9.17) is 5.11 Å². The Hall–Kier alpha value is -0.0800. The van der Waals surface area contributed by atoms with Gasteiger partial charge in [-0.25, -0.2) is 0 Å². The summed E-state index contributed by atoms with van der Waals surface area (Å²) in [6.07, 6.45) is 5.01. The van der Waals surface area contributed by atoms with E-state index in [2.05, 4.69) is 11.8 Å². The highest BCUT2D eigenvalue weighted by Gasteiger charge is 2.19. The molecule has 1 fully saturated rings. The molecule has 0 saturated carbocycles. The molecule has 80 valence electrons. The maximum absolute atomic E-state index is 9.05.